The van der Waals surface area contributed by atoms with Crippen LogP contribution in [0.3, 0.4) is 0 Å². The second-order valence-corrected chi connectivity index (χ2v) is 9.30. The average molecular weight is 434 g/mol. The van der Waals surface area contributed by atoms with E-state index in [9.17, 15) is 8.42 Å². The van der Waals surface area contributed by atoms with E-state index in [1.807, 2.05) is 31.2 Å². The molecule has 3 heterocycles. The Morgan fingerprint density at radius 3 is 2.70 bits per heavy atom. The summed E-state index contributed by atoms with van der Waals surface area (Å²) in [5.41, 5.74) is 8.57. The molecule has 1 aliphatic rings. The molecular formula is C20H27N5O4S. The van der Waals surface area contributed by atoms with Crippen molar-refractivity contribution in [2.45, 2.75) is 26.5 Å². The van der Waals surface area contributed by atoms with Gasteiger partial charge in [0, 0.05) is 31.6 Å². The zero-order valence-electron chi connectivity index (χ0n) is 17.1. The van der Waals surface area contributed by atoms with Gasteiger partial charge in [-0.2, -0.15) is 4.31 Å². The van der Waals surface area contributed by atoms with Crippen molar-refractivity contribution in [3.8, 4) is 0 Å². The van der Waals surface area contributed by atoms with Crippen LogP contribution in [0.4, 0.5) is 5.82 Å². The molecule has 9 nitrogen and oxygen atoms in total. The minimum atomic E-state index is -3.09. The first-order valence-corrected chi connectivity index (χ1v) is 11.8. The Labute approximate surface area is 175 Å². The zero-order valence-corrected chi connectivity index (χ0v) is 17.9. The molecule has 30 heavy (non-hydrogen) atoms. The second-order valence-electron chi connectivity index (χ2n) is 7.21. The van der Waals surface area contributed by atoms with Gasteiger partial charge in [0.05, 0.1) is 30.0 Å². The number of sulfonamides is 1. The summed E-state index contributed by atoms with van der Waals surface area (Å²) in [7, 11) is -3.09. The standard InChI is InChI=1S/C20H27N5O4S/c1-2-28-14-17-23-18-19(15-6-3-4-7-16(15)22-20(18)21)25(17)10-12-29-11-9-24-8-5-13-30(24,26)27/h3-4,6-7H,2,5,8-14H2,1H3,(H2,21,22). The Balaban J connectivity index is 1.54. The van der Waals surface area contributed by atoms with Crippen molar-refractivity contribution in [1.82, 2.24) is 18.8 Å². The minimum absolute atomic E-state index is 0.233. The minimum Gasteiger partial charge on any atom is -0.382 e. The van der Waals surface area contributed by atoms with Gasteiger partial charge in [0.1, 0.15) is 17.9 Å². The van der Waals surface area contributed by atoms with Gasteiger partial charge in [-0.25, -0.2) is 18.4 Å². The molecule has 4 rings (SSSR count). The number of nitrogens with two attached hydrogens (primary N) is 1. The summed E-state index contributed by atoms with van der Waals surface area (Å²) in [5, 5.41) is 0.972. The number of fused-ring (bicyclic) bond motifs is 3. The van der Waals surface area contributed by atoms with Gasteiger partial charge in [-0.1, -0.05) is 18.2 Å². The SMILES string of the molecule is CCOCc1nc2c(N)nc3ccccc3c2n1CCOCCN1CCCS1(=O)=O. The number of benzene rings is 1. The third-order valence-electron chi connectivity index (χ3n) is 5.27. The molecule has 10 heteroatoms. The first-order chi connectivity index (χ1) is 14.5. The summed E-state index contributed by atoms with van der Waals surface area (Å²) in [4.78, 5) is 9.16. The Kier molecular flexibility index (Phi) is 6.19. The van der Waals surface area contributed by atoms with Crippen molar-refractivity contribution < 1.29 is 17.9 Å². The van der Waals surface area contributed by atoms with E-state index in [0.29, 0.717) is 63.8 Å². The number of para-hydroxylation sites is 1. The third-order valence-corrected chi connectivity index (χ3v) is 7.23. The van der Waals surface area contributed by atoms with Crippen LogP contribution in [0, 0.1) is 0 Å². The van der Waals surface area contributed by atoms with Crippen LogP contribution in [0.5, 0.6) is 0 Å². The molecule has 0 bridgehead atoms. The van der Waals surface area contributed by atoms with Crippen LogP contribution in [0.25, 0.3) is 21.9 Å². The van der Waals surface area contributed by atoms with E-state index < -0.39 is 10.0 Å². The number of hydrogen-bond acceptors (Lipinski definition) is 7. The van der Waals surface area contributed by atoms with Crippen molar-refractivity contribution in [1.29, 1.82) is 0 Å². The molecule has 3 aromatic rings. The summed E-state index contributed by atoms with van der Waals surface area (Å²) in [6.07, 6.45) is 0.687. The molecule has 1 aromatic carbocycles. The molecule has 1 fully saturated rings. The highest BCUT2D eigenvalue weighted by Gasteiger charge is 2.27. The smallest absolute Gasteiger partial charge is 0.214 e. The van der Waals surface area contributed by atoms with Crippen LogP contribution in [0.15, 0.2) is 24.3 Å². The molecule has 0 unspecified atom stereocenters. The first kappa shape index (κ1) is 21.0. The van der Waals surface area contributed by atoms with E-state index >= 15 is 0 Å². The predicted octanol–water partition coefficient (Wildman–Crippen LogP) is 1.76. The number of rotatable bonds is 9. The van der Waals surface area contributed by atoms with Gasteiger partial charge in [0.2, 0.25) is 10.0 Å². The molecule has 0 aliphatic carbocycles. The van der Waals surface area contributed by atoms with Gasteiger partial charge in [0.15, 0.2) is 5.82 Å². The predicted molar refractivity (Wildman–Crippen MR) is 116 cm³/mol. The first-order valence-electron chi connectivity index (χ1n) is 10.2. The van der Waals surface area contributed by atoms with Crippen molar-refractivity contribution in [2.24, 2.45) is 0 Å². The van der Waals surface area contributed by atoms with E-state index in [-0.39, 0.29) is 5.75 Å². The van der Waals surface area contributed by atoms with Gasteiger partial charge in [-0.3, -0.25) is 0 Å². The Bertz CT molecular complexity index is 1150. The molecule has 0 amide bonds. The quantitative estimate of drug-likeness (QED) is 0.512. The van der Waals surface area contributed by atoms with Gasteiger partial charge >= 0.3 is 0 Å². The summed E-state index contributed by atoms with van der Waals surface area (Å²) < 4.78 is 38.7. The summed E-state index contributed by atoms with van der Waals surface area (Å²) in [6.45, 7) is 5.19. The van der Waals surface area contributed by atoms with E-state index in [2.05, 4.69) is 14.5 Å². The van der Waals surface area contributed by atoms with E-state index in [4.69, 9.17) is 15.2 Å². The number of anilines is 1. The Hall–Kier alpha value is -2.27. The van der Waals surface area contributed by atoms with Gasteiger partial charge in [-0.15, -0.1) is 0 Å². The topological polar surface area (TPSA) is 113 Å². The van der Waals surface area contributed by atoms with Crippen LogP contribution in [-0.2, 0) is 32.6 Å². The van der Waals surface area contributed by atoms with Crippen LogP contribution in [-0.4, -0.2) is 65.9 Å². The van der Waals surface area contributed by atoms with Crippen LogP contribution < -0.4 is 5.73 Å². The molecule has 2 aromatic heterocycles. The van der Waals surface area contributed by atoms with Crippen molar-refractivity contribution in [3.05, 3.63) is 30.1 Å². The van der Waals surface area contributed by atoms with E-state index in [0.717, 1.165) is 22.2 Å². The fourth-order valence-corrected chi connectivity index (χ4v) is 5.33. The lowest BCUT2D eigenvalue weighted by Crippen LogP contribution is -2.29. The number of pyridine rings is 1. The average Bonchev–Trinajstić information content (AvgIpc) is 3.26. The maximum Gasteiger partial charge on any atom is 0.214 e. The summed E-state index contributed by atoms with van der Waals surface area (Å²) >= 11 is 0. The van der Waals surface area contributed by atoms with Gasteiger partial charge in [0.25, 0.3) is 0 Å². The maximum absolute atomic E-state index is 11.9. The van der Waals surface area contributed by atoms with Crippen LogP contribution >= 0.6 is 0 Å². The lowest BCUT2D eigenvalue weighted by molar-refractivity contribution is 0.108. The fourth-order valence-electron chi connectivity index (χ4n) is 3.82. The fraction of sp³-hybridized carbons (Fsp3) is 0.500. The molecule has 2 N–H and O–H groups in total. The number of nitrogens with zero attached hydrogens (tertiary/aromatic N) is 4. The molecule has 0 saturated carbocycles. The molecule has 0 radical (unpaired) electrons. The van der Waals surface area contributed by atoms with Crippen molar-refractivity contribution >= 4 is 37.8 Å². The normalized spacial score (nSPS) is 16.7. The number of nitrogen functional groups attached to an aromatic ring is 1. The molecule has 1 aliphatic heterocycles. The lowest BCUT2D eigenvalue weighted by atomic mass is 10.2. The molecule has 0 atom stereocenters. The third kappa shape index (κ3) is 4.13. The van der Waals surface area contributed by atoms with Crippen molar-refractivity contribution in [2.75, 3.05) is 44.4 Å². The lowest BCUT2D eigenvalue weighted by Gasteiger charge is -2.15. The van der Waals surface area contributed by atoms with Gasteiger partial charge in [-0.05, 0) is 19.4 Å². The van der Waals surface area contributed by atoms with Crippen LogP contribution in [0.1, 0.15) is 19.2 Å². The number of aromatic nitrogens is 3. The molecule has 162 valence electrons. The summed E-state index contributed by atoms with van der Waals surface area (Å²) in [6, 6.07) is 7.83. The van der Waals surface area contributed by atoms with Crippen molar-refractivity contribution in [3.63, 3.8) is 0 Å². The summed E-state index contributed by atoms with van der Waals surface area (Å²) in [5.74, 6) is 1.39. The molecular weight excluding hydrogens is 406 g/mol. The second kappa shape index (κ2) is 8.84. The highest BCUT2D eigenvalue weighted by Crippen LogP contribution is 2.29. The highest BCUT2D eigenvalue weighted by molar-refractivity contribution is 7.89. The van der Waals surface area contributed by atoms with E-state index in [1.54, 1.807) is 0 Å². The number of imidazole rings is 1. The largest absolute Gasteiger partial charge is 0.382 e. The van der Waals surface area contributed by atoms with Crippen LogP contribution in [0.2, 0.25) is 0 Å². The zero-order chi connectivity index (χ0) is 21.1. The van der Waals surface area contributed by atoms with Gasteiger partial charge < -0.3 is 19.8 Å². The number of ether oxygens (including phenoxy) is 2. The Morgan fingerprint density at radius 2 is 1.93 bits per heavy atom. The highest BCUT2D eigenvalue weighted by atomic mass is 32.2. The monoisotopic (exact) mass is 433 g/mol. The molecule has 0 spiro atoms. The van der Waals surface area contributed by atoms with E-state index in [1.165, 1.54) is 4.31 Å². The molecule has 1 saturated heterocycles. The number of hydrogen-bond donors (Lipinski definition) is 1. The maximum atomic E-state index is 11.9. The Morgan fingerprint density at radius 1 is 1.13 bits per heavy atom.